The number of hydrogen-bond acceptors (Lipinski definition) is 1. The maximum atomic E-state index is 11.4. The van der Waals surface area contributed by atoms with Gasteiger partial charge in [0.2, 0.25) is 12.1 Å². The molecule has 0 saturated heterocycles. The lowest BCUT2D eigenvalue weighted by Crippen LogP contribution is -2.96. The minimum absolute atomic E-state index is 0.132. The molecule has 0 aliphatic rings. The van der Waals surface area contributed by atoms with Gasteiger partial charge in [-0.1, -0.05) is 72.1 Å². The first-order valence-electron chi connectivity index (χ1n) is 6.16. The number of nitrogens with two attached hydrogens (primary N) is 1. The standard InChI is InChI=1S/C13H17Cl3N2O/c1-2-11(19)18-12(13(14,15)16)17-9-8-10-6-4-3-5-7-10/h3-7,12,17H,2,8-9H2,1H3,(H,18,19)/p+1/t12-/m1/s1. The Balaban J connectivity index is 2.47. The lowest BCUT2D eigenvalue weighted by atomic mass is 10.1. The van der Waals surface area contributed by atoms with Crippen LogP contribution in [0, 0.1) is 0 Å². The van der Waals surface area contributed by atoms with Crippen molar-refractivity contribution >= 4 is 40.7 Å². The second-order valence-corrected chi connectivity index (χ2v) is 6.57. The van der Waals surface area contributed by atoms with E-state index in [4.69, 9.17) is 34.8 Å². The van der Waals surface area contributed by atoms with Gasteiger partial charge in [0.05, 0.1) is 6.54 Å². The van der Waals surface area contributed by atoms with Crippen LogP contribution in [0.3, 0.4) is 0 Å². The van der Waals surface area contributed by atoms with Crippen molar-refractivity contribution in [2.45, 2.75) is 29.7 Å². The molecule has 1 aromatic carbocycles. The van der Waals surface area contributed by atoms with Crippen LogP contribution < -0.4 is 10.6 Å². The number of quaternary nitrogens is 1. The summed E-state index contributed by atoms with van der Waals surface area (Å²) >= 11 is 17.6. The van der Waals surface area contributed by atoms with Gasteiger partial charge in [-0.2, -0.15) is 0 Å². The summed E-state index contributed by atoms with van der Waals surface area (Å²) in [5, 5.41) is 4.54. The van der Waals surface area contributed by atoms with Crippen LogP contribution in [0.25, 0.3) is 0 Å². The topological polar surface area (TPSA) is 45.7 Å². The first-order valence-corrected chi connectivity index (χ1v) is 7.30. The molecule has 106 valence electrons. The Bertz CT molecular complexity index is 393. The average Bonchev–Trinajstić information content (AvgIpc) is 2.37. The normalized spacial score (nSPS) is 13.1. The van der Waals surface area contributed by atoms with Crippen LogP contribution in [0.15, 0.2) is 30.3 Å². The Morgan fingerprint density at radius 2 is 1.95 bits per heavy atom. The Hall–Kier alpha value is -0.480. The number of hydrogen-bond donors (Lipinski definition) is 2. The number of nitrogens with one attached hydrogen (secondary N) is 1. The summed E-state index contributed by atoms with van der Waals surface area (Å²) in [5.41, 5.74) is 1.21. The van der Waals surface area contributed by atoms with Crippen LogP contribution >= 0.6 is 34.8 Å². The Morgan fingerprint density at radius 3 is 2.47 bits per heavy atom. The second-order valence-electron chi connectivity index (χ2n) is 4.20. The van der Waals surface area contributed by atoms with Gasteiger partial charge in [0.15, 0.2) is 0 Å². The first kappa shape index (κ1) is 16.6. The molecule has 3 N–H and O–H groups in total. The van der Waals surface area contributed by atoms with E-state index in [0.717, 1.165) is 13.0 Å². The predicted octanol–water partition coefficient (Wildman–Crippen LogP) is 2.02. The smallest absolute Gasteiger partial charge is 0.262 e. The van der Waals surface area contributed by atoms with Crippen LogP contribution in [0.4, 0.5) is 0 Å². The lowest BCUT2D eigenvalue weighted by molar-refractivity contribution is -0.691. The van der Waals surface area contributed by atoms with Gasteiger partial charge in [-0.25, -0.2) is 0 Å². The van der Waals surface area contributed by atoms with E-state index < -0.39 is 9.96 Å². The molecule has 0 aliphatic carbocycles. The fourth-order valence-corrected chi connectivity index (χ4v) is 2.04. The molecular weight excluding hydrogens is 307 g/mol. The molecule has 0 radical (unpaired) electrons. The third-order valence-corrected chi connectivity index (χ3v) is 3.37. The first-order chi connectivity index (χ1) is 8.93. The Labute approximate surface area is 128 Å². The highest BCUT2D eigenvalue weighted by Gasteiger charge is 2.36. The highest BCUT2D eigenvalue weighted by molar-refractivity contribution is 6.68. The van der Waals surface area contributed by atoms with Gasteiger partial charge in [-0.3, -0.25) is 4.79 Å². The van der Waals surface area contributed by atoms with Crippen LogP contribution in [0.1, 0.15) is 18.9 Å². The summed E-state index contributed by atoms with van der Waals surface area (Å²) in [5.74, 6) is -0.132. The molecule has 0 saturated carbocycles. The van der Waals surface area contributed by atoms with E-state index in [1.807, 2.05) is 35.6 Å². The quantitative estimate of drug-likeness (QED) is 0.610. The summed E-state index contributed by atoms with van der Waals surface area (Å²) in [6.07, 6.45) is 0.637. The molecule has 0 aliphatic heterocycles. The van der Waals surface area contributed by atoms with Gasteiger partial charge in [-0.05, 0) is 5.56 Å². The van der Waals surface area contributed by atoms with E-state index in [2.05, 4.69) is 5.32 Å². The molecule has 0 unspecified atom stereocenters. The van der Waals surface area contributed by atoms with E-state index in [1.165, 1.54) is 5.56 Å². The number of rotatable bonds is 6. The van der Waals surface area contributed by atoms with Crippen molar-refractivity contribution in [3.63, 3.8) is 0 Å². The lowest BCUT2D eigenvalue weighted by Gasteiger charge is -2.23. The largest absolute Gasteiger partial charge is 0.323 e. The van der Waals surface area contributed by atoms with Crippen molar-refractivity contribution < 1.29 is 10.1 Å². The van der Waals surface area contributed by atoms with Crippen LogP contribution in [-0.4, -0.2) is 22.4 Å². The van der Waals surface area contributed by atoms with Crippen LogP contribution in [0.2, 0.25) is 0 Å². The third-order valence-electron chi connectivity index (χ3n) is 2.67. The van der Waals surface area contributed by atoms with Crippen LogP contribution in [0.5, 0.6) is 0 Å². The monoisotopic (exact) mass is 323 g/mol. The van der Waals surface area contributed by atoms with Gasteiger partial charge in [0.1, 0.15) is 0 Å². The van der Waals surface area contributed by atoms with Gasteiger partial charge < -0.3 is 10.6 Å². The number of halogens is 3. The van der Waals surface area contributed by atoms with Crippen molar-refractivity contribution in [1.82, 2.24) is 5.32 Å². The Kier molecular flexibility index (Phi) is 6.94. The van der Waals surface area contributed by atoms with Gasteiger partial charge >= 0.3 is 0 Å². The van der Waals surface area contributed by atoms with E-state index in [9.17, 15) is 4.79 Å². The SMILES string of the molecule is CCC(=O)N[C@@H]([NH2+]CCc1ccccc1)C(Cl)(Cl)Cl. The fraction of sp³-hybridized carbons (Fsp3) is 0.462. The number of amides is 1. The predicted molar refractivity (Wildman–Crippen MR) is 79.5 cm³/mol. The molecule has 1 amide bonds. The molecule has 0 fully saturated rings. The van der Waals surface area contributed by atoms with Gasteiger partial charge in [0.25, 0.3) is 3.79 Å². The van der Waals surface area contributed by atoms with Crippen LogP contribution in [-0.2, 0) is 11.2 Å². The van der Waals surface area contributed by atoms with Crippen molar-refractivity contribution in [3.05, 3.63) is 35.9 Å². The number of benzene rings is 1. The Morgan fingerprint density at radius 1 is 1.32 bits per heavy atom. The number of alkyl halides is 3. The maximum Gasteiger partial charge on any atom is 0.262 e. The third kappa shape index (κ3) is 6.48. The fourth-order valence-electron chi connectivity index (χ4n) is 1.61. The van der Waals surface area contributed by atoms with E-state index in [-0.39, 0.29) is 5.91 Å². The highest BCUT2D eigenvalue weighted by atomic mass is 35.6. The summed E-state index contributed by atoms with van der Waals surface area (Å²) in [4.78, 5) is 11.4. The molecular formula is C13H18Cl3N2O+. The van der Waals surface area contributed by atoms with Gasteiger partial charge in [0, 0.05) is 12.8 Å². The van der Waals surface area contributed by atoms with Crippen molar-refractivity contribution in [1.29, 1.82) is 0 Å². The van der Waals surface area contributed by atoms with E-state index >= 15 is 0 Å². The zero-order chi connectivity index (χ0) is 14.3. The zero-order valence-corrected chi connectivity index (χ0v) is 13.0. The van der Waals surface area contributed by atoms with Crippen molar-refractivity contribution in [2.75, 3.05) is 6.54 Å². The molecule has 19 heavy (non-hydrogen) atoms. The van der Waals surface area contributed by atoms with Crippen molar-refractivity contribution in [2.24, 2.45) is 0 Å². The molecule has 0 aromatic heterocycles. The van der Waals surface area contributed by atoms with Gasteiger partial charge in [-0.15, -0.1) is 0 Å². The molecule has 1 rings (SSSR count). The molecule has 0 bridgehead atoms. The van der Waals surface area contributed by atoms with Crippen molar-refractivity contribution in [3.8, 4) is 0 Å². The highest BCUT2D eigenvalue weighted by Crippen LogP contribution is 2.27. The van der Waals surface area contributed by atoms with E-state index in [0.29, 0.717) is 6.42 Å². The minimum atomic E-state index is -1.53. The molecule has 1 aromatic rings. The minimum Gasteiger partial charge on any atom is -0.323 e. The molecule has 1 atom stereocenters. The summed E-state index contributed by atoms with van der Waals surface area (Å²) in [7, 11) is 0. The summed E-state index contributed by atoms with van der Waals surface area (Å²) in [6.45, 7) is 2.49. The molecule has 6 heteroatoms. The maximum absolute atomic E-state index is 11.4. The molecule has 3 nitrogen and oxygen atoms in total. The summed E-state index contributed by atoms with van der Waals surface area (Å²) in [6, 6.07) is 10.0. The molecule has 0 heterocycles. The zero-order valence-electron chi connectivity index (χ0n) is 10.7. The van der Waals surface area contributed by atoms with E-state index in [1.54, 1.807) is 6.92 Å². The second kappa shape index (κ2) is 7.95. The number of carbonyl (C=O) groups excluding carboxylic acids is 1. The number of carbonyl (C=O) groups is 1. The summed E-state index contributed by atoms with van der Waals surface area (Å²) < 4.78 is -1.53. The molecule has 0 spiro atoms. The average molecular weight is 325 g/mol.